The summed E-state index contributed by atoms with van der Waals surface area (Å²) in [5.41, 5.74) is 8.94. The van der Waals surface area contributed by atoms with Crippen molar-refractivity contribution in [3.63, 3.8) is 0 Å². The number of rotatable bonds is 8. The van der Waals surface area contributed by atoms with Crippen molar-refractivity contribution in [2.24, 2.45) is 5.41 Å². The molecule has 0 aliphatic heterocycles. The van der Waals surface area contributed by atoms with Crippen molar-refractivity contribution in [2.45, 2.75) is 59.4 Å². The van der Waals surface area contributed by atoms with Crippen LogP contribution in [0.5, 0.6) is 0 Å². The molecular weight excluding hydrogens is 444 g/mol. The zero-order valence-electron chi connectivity index (χ0n) is 21.5. The lowest BCUT2D eigenvalue weighted by Gasteiger charge is -2.25. The number of methoxy groups -OCH3 is 1. The van der Waals surface area contributed by atoms with Crippen molar-refractivity contribution in [1.29, 1.82) is 5.26 Å². The molecule has 1 atom stereocenters. The van der Waals surface area contributed by atoms with E-state index in [4.69, 9.17) is 15.0 Å². The average Bonchev–Trinajstić information content (AvgIpc) is 3.35. The Hall–Kier alpha value is -3.64. The van der Waals surface area contributed by atoms with E-state index in [1.807, 2.05) is 45.0 Å². The second-order valence-electron chi connectivity index (χ2n) is 10.6. The molecule has 35 heavy (non-hydrogen) atoms. The molecule has 1 amide bonds. The number of aromatic nitrogens is 3. The van der Waals surface area contributed by atoms with E-state index in [0.29, 0.717) is 29.6 Å². The first-order valence-corrected chi connectivity index (χ1v) is 11.5. The quantitative estimate of drug-likeness (QED) is 0.479. The Morgan fingerprint density at radius 2 is 1.91 bits per heavy atom. The zero-order valence-corrected chi connectivity index (χ0v) is 21.5. The third kappa shape index (κ3) is 5.89. The van der Waals surface area contributed by atoms with Crippen LogP contribution in [0.25, 0.3) is 11.3 Å². The molecule has 9 nitrogen and oxygen atoms in total. The molecule has 0 aliphatic rings. The fourth-order valence-electron chi connectivity index (χ4n) is 3.93. The molecule has 3 aromatic rings. The number of nitrogens with two attached hydrogens (primary N) is 1. The Bertz CT molecular complexity index is 1230. The summed E-state index contributed by atoms with van der Waals surface area (Å²) in [4.78, 5) is 12.8. The first kappa shape index (κ1) is 26.0. The number of nitrogen functional groups attached to an aromatic ring is 1. The Balaban J connectivity index is 1.78. The number of nitriles is 1. The second kappa shape index (κ2) is 9.92. The Labute approximate surface area is 206 Å². The summed E-state index contributed by atoms with van der Waals surface area (Å²) in [6, 6.07) is 11.3. The van der Waals surface area contributed by atoms with Crippen LogP contribution in [0.3, 0.4) is 0 Å². The number of benzene rings is 1. The lowest BCUT2D eigenvalue weighted by atomic mass is 9.91. The third-order valence-electron chi connectivity index (χ3n) is 5.70. The van der Waals surface area contributed by atoms with E-state index in [9.17, 15) is 10.1 Å². The van der Waals surface area contributed by atoms with Crippen molar-refractivity contribution < 1.29 is 14.1 Å². The topological polar surface area (TPSA) is 132 Å². The van der Waals surface area contributed by atoms with Gasteiger partial charge in [-0.25, -0.2) is 4.68 Å². The van der Waals surface area contributed by atoms with Crippen LogP contribution in [-0.2, 0) is 21.5 Å². The Morgan fingerprint density at radius 1 is 1.26 bits per heavy atom. The van der Waals surface area contributed by atoms with Gasteiger partial charge in [0.25, 0.3) is 0 Å². The van der Waals surface area contributed by atoms with Crippen LogP contribution in [0.4, 0.5) is 11.7 Å². The van der Waals surface area contributed by atoms with E-state index in [0.717, 1.165) is 23.2 Å². The van der Waals surface area contributed by atoms with Gasteiger partial charge in [-0.15, -0.1) is 0 Å². The molecule has 1 unspecified atom stereocenters. The number of nitrogens with zero attached hydrogens (tertiary/aromatic N) is 4. The fourth-order valence-corrected chi connectivity index (χ4v) is 3.93. The van der Waals surface area contributed by atoms with Crippen LogP contribution < -0.4 is 11.1 Å². The molecule has 2 heterocycles. The van der Waals surface area contributed by atoms with E-state index < -0.39 is 11.5 Å². The predicted molar refractivity (Wildman–Crippen MR) is 135 cm³/mol. The predicted octanol–water partition coefficient (Wildman–Crippen LogP) is 4.70. The van der Waals surface area contributed by atoms with Gasteiger partial charge in [-0.1, -0.05) is 50.2 Å². The third-order valence-corrected chi connectivity index (χ3v) is 5.70. The van der Waals surface area contributed by atoms with Crippen molar-refractivity contribution in [1.82, 2.24) is 14.9 Å². The molecule has 186 valence electrons. The number of anilines is 2. The number of ether oxygens (including phenoxy) is 1. The van der Waals surface area contributed by atoms with Gasteiger partial charge >= 0.3 is 0 Å². The Morgan fingerprint density at radius 3 is 2.49 bits per heavy atom. The van der Waals surface area contributed by atoms with E-state index >= 15 is 0 Å². The standard InChI is InChI=1S/C26H34N6O3/c1-16(24(33)29-21-12-19(31-35-21)13-25(2,3)4)17-8-10-18(11-9-17)22-20(14-27)23(28)32(30-22)26(5,6)15-34-7/h8-12,16H,13,15,28H2,1-7H3,(H,29,33). The summed E-state index contributed by atoms with van der Waals surface area (Å²) in [7, 11) is 1.61. The molecule has 0 fully saturated rings. The monoisotopic (exact) mass is 478 g/mol. The van der Waals surface area contributed by atoms with E-state index in [-0.39, 0.29) is 11.3 Å². The van der Waals surface area contributed by atoms with E-state index in [1.165, 1.54) is 0 Å². The summed E-state index contributed by atoms with van der Waals surface area (Å²) < 4.78 is 12.2. The molecule has 9 heteroatoms. The van der Waals surface area contributed by atoms with Crippen LogP contribution in [-0.4, -0.2) is 34.6 Å². The number of hydrogen-bond acceptors (Lipinski definition) is 7. The van der Waals surface area contributed by atoms with Crippen molar-refractivity contribution >= 4 is 17.6 Å². The summed E-state index contributed by atoms with van der Waals surface area (Å²) in [6.07, 6.45) is 0.747. The maximum Gasteiger partial charge on any atom is 0.234 e. The highest BCUT2D eigenvalue weighted by Crippen LogP contribution is 2.32. The summed E-state index contributed by atoms with van der Waals surface area (Å²) in [5, 5.41) is 21.2. The Kier molecular flexibility index (Phi) is 7.36. The van der Waals surface area contributed by atoms with Gasteiger partial charge in [0.2, 0.25) is 11.8 Å². The molecule has 0 spiro atoms. The minimum Gasteiger partial charge on any atom is -0.383 e. The minimum absolute atomic E-state index is 0.0681. The van der Waals surface area contributed by atoms with Gasteiger partial charge in [-0.05, 0) is 38.2 Å². The van der Waals surface area contributed by atoms with Gasteiger partial charge in [0.15, 0.2) is 0 Å². The molecular formula is C26H34N6O3. The normalized spacial score (nSPS) is 12.9. The summed E-state index contributed by atoms with van der Waals surface area (Å²) >= 11 is 0. The van der Waals surface area contributed by atoms with Gasteiger partial charge in [0.1, 0.15) is 23.1 Å². The second-order valence-corrected chi connectivity index (χ2v) is 10.6. The highest BCUT2D eigenvalue weighted by Gasteiger charge is 2.28. The van der Waals surface area contributed by atoms with E-state index in [2.05, 4.69) is 42.4 Å². The number of nitrogens with one attached hydrogen (secondary N) is 1. The van der Waals surface area contributed by atoms with Crippen LogP contribution in [0.2, 0.25) is 0 Å². The van der Waals surface area contributed by atoms with Crippen molar-refractivity contribution in [2.75, 3.05) is 24.8 Å². The molecule has 0 bridgehead atoms. The molecule has 0 aliphatic carbocycles. The van der Waals surface area contributed by atoms with Crippen molar-refractivity contribution in [3.8, 4) is 17.3 Å². The average molecular weight is 479 g/mol. The van der Waals surface area contributed by atoms with Gasteiger partial charge in [-0.3, -0.25) is 10.1 Å². The van der Waals surface area contributed by atoms with Crippen LogP contribution in [0.1, 0.15) is 64.3 Å². The van der Waals surface area contributed by atoms with Gasteiger partial charge < -0.3 is 15.0 Å². The zero-order chi connectivity index (χ0) is 26.0. The van der Waals surface area contributed by atoms with Gasteiger partial charge in [0, 0.05) is 18.7 Å². The van der Waals surface area contributed by atoms with Crippen LogP contribution in [0, 0.1) is 16.7 Å². The van der Waals surface area contributed by atoms with Gasteiger partial charge in [-0.2, -0.15) is 10.4 Å². The molecule has 3 N–H and O–H groups in total. The summed E-state index contributed by atoms with van der Waals surface area (Å²) in [5.74, 6) is -0.0157. The SMILES string of the molecule is COCC(C)(C)n1nc(-c2ccc(C(C)C(=O)Nc3cc(CC(C)(C)C)no3)cc2)c(C#N)c1N. The molecule has 0 saturated carbocycles. The molecule has 0 saturated heterocycles. The highest BCUT2D eigenvalue weighted by atomic mass is 16.5. The fraction of sp³-hybridized carbons (Fsp3) is 0.462. The largest absolute Gasteiger partial charge is 0.383 e. The first-order chi connectivity index (χ1) is 16.4. The van der Waals surface area contributed by atoms with Crippen molar-refractivity contribution in [3.05, 3.63) is 47.2 Å². The number of carbonyl (C=O) groups is 1. The molecule has 2 aromatic heterocycles. The van der Waals surface area contributed by atoms with Crippen LogP contribution in [0.15, 0.2) is 34.9 Å². The maximum atomic E-state index is 12.8. The summed E-state index contributed by atoms with van der Waals surface area (Å²) in [6.45, 7) is 12.4. The molecule has 0 radical (unpaired) electrons. The molecule has 3 rings (SSSR count). The number of carbonyl (C=O) groups excluding carboxylic acids is 1. The van der Waals surface area contributed by atoms with E-state index in [1.54, 1.807) is 17.9 Å². The number of hydrogen-bond donors (Lipinski definition) is 2. The minimum atomic E-state index is -0.525. The van der Waals surface area contributed by atoms with Gasteiger partial charge in [0.05, 0.1) is 23.8 Å². The molecule has 1 aromatic carbocycles. The lowest BCUT2D eigenvalue weighted by Crippen LogP contribution is -2.33. The highest BCUT2D eigenvalue weighted by molar-refractivity contribution is 5.94. The lowest BCUT2D eigenvalue weighted by molar-refractivity contribution is -0.117. The first-order valence-electron chi connectivity index (χ1n) is 11.5. The number of amides is 1. The smallest absolute Gasteiger partial charge is 0.234 e. The van der Waals surface area contributed by atoms with Crippen LogP contribution >= 0.6 is 0 Å². The maximum absolute atomic E-state index is 12.8.